The number of nitrogens with one attached hydrogen (secondary N) is 2. The normalized spacial score (nSPS) is 14.2. The van der Waals surface area contributed by atoms with Crippen LogP contribution in [0.2, 0.25) is 0 Å². The lowest BCUT2D eigenvalue weighted by atomic mass is 10.1. The number of benzene rings is 3. The van der Waals surface area contributed by atoms with Crippen LogP contribution in [0.4, 0.5) is 21.0 Å². The highest BCUT2D eigenvalue weighted by Gasteiger charge is 2.31. The summed E-state index contributed by atoms with van der Waals surface area (Å²) in [6, 6.07) is 15.1. The second-order valence-electron chi connectivity index (χ2n) is 9.63. The first-order valence-electron chi connectivity index (χ1n) is 13.1. The van der Waals surface area contributed by atoms with Gasteiger partial charge in [-0.05, 0) is 73.4 Å². The Balaban J connectivity index is 1.40. The number of amides is 4. The summed E-state index contributed by atoms with van der Waals surface area (Å²) in [7, 11) is 2.90. The van der Waals surface area contributed by atoms with Crippen molar-refractivity contribution < 1.29 is 43.2 Å². The number of carbonyl (C=O) groups is 4. The Morgan fingerprint density at radius 2 is 1.65 bits per heavy atom. The number of methoxy groups -OCH3 is 1. The molecular weight excluding hydrogens is 578 g/mol. The summed E-state index contributed by atoms with van der Waals surface area (Å²) in [4.78, 5) is 48.6. The molecule has 3 N–H and O–H groups in total. The third-order valence-corrected chi connectivity index (χ3v) is 7.35. The Hall–Kier alpha value is -4.75. The highest BCUT2D eigenvalue weighted by molar-refractivity contribution is 8.15. The minimum absolute atomic E-state index is 0.113. The summed E-state index contributed by atoms with van der Waals surface area (Å²) in [6.07, 6.45) is -0.844. The number of ether oxygens (including phenoxy) is 4. The Bertz CT molecular complexity index is 1500. The average molecular weight is 610 g/mol. The van der Waals surface area contributed by atoms with E-state index in [9.17, 15) is 24.3 Å². The Morgan fingerprint density at radius 1 is 0.977 bits per heavy atom. The molecule has 0 bridgehead atoms. The standard InChI is InChI=1S/C30H31N3O9S/c1-17-11-22(12-18(2)27(17)41-16-39-4)42-21-9-10-23(24(14-21)33(3)30(37)38)31-26(34)15-40-20-7-5-19(6-8-20)13-25-28(35)32-29(36)43-25/h5-12,14,25H,13,15-16H2,1-4H3,(H,31,34)(H,37,38)(H,32,35,36). The zero-order valence-electron chi connectivity index (χ0n) is 24.0. The number of carbonyl (C=O) groups excluding carboxylic acids is 3. The van der Waals surface area contributed by atoms with Crippen LogP contribution in [0, 0.1) is 13.8 Å². The molecule has 1 unspecified atom stereocenters. The molecule has 0 aromatic heterocycles. The molecule has 0 aliphatic carbocycles. The van der Waals surface area contributed by atoms with Gasteiger partial charge in [-0.15, -0.1) is 0 Å². The van der Waals surface area contributed by atoms with Crippen LogP contribution in [0.15, 0.2) is 54.6 Å². The number of hydrogen-bond donors (Lipinski definition) is 3. The van der Waals surface area contributed by atoms with E-state index < -0.39 is 17.3 Å². The maximum Gasteiger partial charge on any atom is 0.411 e. The van der Waals surface area contributed by atoms with Gasteiger partial charge in [-0.2, -0.15) is 0 Å². The average Bonchev–Trinajstić information content (AvgIpc) is 3.28. The molecule has 1 aliphatic rings. The number of rotatable bonds is 12. The van der Waals surface area contributed by atoms with Crippen LogP contribution in [0.1, 0.15) is 16.7 Å². The van der Waals surface area contributed by atoms with Crippen molar-refractivity contribution in [3.05, 3.63) is 71.3 Å². The fourth-order valence-electron chi connectivity index (χ4n) is 4.31. The summed E-state index contributed by atoms with van der Waals surface area (Å²) in [5, 5.41) is 13.7. The molecule has 4 rings (SSSR count). The number of carboxylic acid groups (broad SMARTS) is 1. The Labute approximate surface area is 252 Å². The van der Waals surface area contributed by atoms with E-state index in [1.54, 1.807) is 55.6 Å². The van der Waals surface area contributed by atoms with Gasteiger partial charge >= 0.3 is 6.09 Å². The summed E-state index contributed by atoms with van der Waals surface area (Å²) in [6.45, 7) is 3.53. The van der Waals surface area contributed by atoms with Gasteiger partial charge in [0.15, 0.2) is 13.4 Å². The van der Waals surface area contributed by atoms with Crippen LogP contribution in [-0.2, 0) is 20.7 Å². The largest absolute Gasteiger partial charge is 0.484 e. The van der Waals surface area contributed by atoms with E-state index in [1.807, 2.05) is 13.8 Å². The van der Waals surface area contributed by atoms with E-state index in [2.05, 4.69) is 10.6 Å². The van der Waals surface area contributed by atoms with Crippen molar-refractivity contribution in [3.63, 3.8) is 0 Å². The van der Waals surface area contributed by atoms with Crippen LogP contribution < -0.4 is 29.7 Å². The third-order valence-electron chi connectivity index (χ3n) is 6.36. The van der Waals surface area contributed by atoms with Gasteiger partial charge in [0.1, 0.15) is 23.0 Å². The minimum atomic E-state index is -1.23. The first-order valence-corrected chi connectivity index (χ1v) is 14.0. The van der Waals surface area contributed by atoms with Gasteiger partial charge in [-0.1, -0.05) is 23.9 Å². The third kappa shape index (κ3) is 8.17. The number of nitrogens with zero attached hydrogens (tertiary/aromatic N) is 1. The maximum absolute atomic E-state index is 12.7. The molecule has 1 fully saturated rings. The van der Waals surface area contributed by atoms with Gasteiger partial charge < -0.3 is 29.4 Å². The summed E-state index contributed by atoms with van der Waals surface area (Å²) < 4.78 is 22.2. The van der Waals surface area contributed by atoms with Crippen molar-refractivity contribution in [2.45, 2.75) is 25.5 Å². The second-order valence-corrected chi connectivity index (χ2v) is 10.8. The van der Waals surface area contributed by atoms with Crippen LogP contribution in [0.25, 0.3) is 0 Å². The fourth-order valence-corrected chi connectivity index (χ4v) is 5.17. The van der Waals surface area contributed by atoms with E-state index in [0.29, 0.717) is 29.4 Å². The second kappa shape index (κ2) is 13.9. The highest BCUT2D eigenvalue weighted by atomic mass is 32.2. The molecule has 1 saturated heterocycles. The quantitative estimate of drug-likeness (QED) is 0.236. The van der Waals surface area contributed by atoms with Crippen LogP contribution in [0.3, 0.4) is 0 Å². The molecule has 3 aromatic carbocycles. The van der Waals surface area contributed by atoms with E-state index >= 15 is 0 Å². The monoisotopic (exact) mass is 609 g/mol. The van der Waals surface area contributed by atoms with E-state index in [4.69, 9.17) is 18.9 Å². The molecule has 1 heterocycles. The van der Waals surface area contributed by atoms with Gasteiger partial charge in [-0.25, -0.2) is 4.79 Å². The first-order chi connectivity index (χ1) is 20.5. The van der Waals surface area contributed by atoms with Crippen molar-refractivity contribution in [1.82, 2.24) is 5.32 Å². The van der Waals surface area contributed by atoms with E-state index in [1.165, 1.54) is 13.1 Å². The summed E-state index contributed by atoms with van der Waals surface area (Å²) in [5.74, 6) is 1.18. The topological polar surface area (TPSA) is 153 Å². The smallest absolute Gasteiger partial charge is 0.411 e. The molecule has 4 amide bonds. The minimum Gasteiger partial charge on any atom is -0.484 e. The summed E-state index contributed by atoms with van der Waals surface area (Å²) in [5.41, 5.74) is 2.96. The van der Waals surface area contributed by atoms with Gasteiger partial charge in [0, 0.05) is 20.2 Å². The van der Waals surface area contributed by atoms with Crippen molar-refractivity contribution in [2.75, 3.05) is 37.8 Å². The molecule has 0 spiro atoms. The fraction of sp³-hybridized carbons (Fsp3) is 0.267. The van der Waals surface area contributed by atoms with Crippen molar-refractivity contribution in [2.24, 2.45) is 0 Å². The van der Waals surface area contributed by atoms with Gasteiger partial charge in [0.2, 0.25) is 5.91 Å². The highest BCUT2D eigenvalue weighted by Crippen LogP contribution is 2.35. The van der Waals surface area contributed by atoms with Crippen LogP contribution >= 0.6 is 11.8 Å². The lowest BCUT2D eigenvalue weighted by Gasteiger charge is -2.20. The van der Waals surface area contributed by atoms with Gasteiger partial charge in [-0.3, -0.25) is 24.6 Å². The zero-order valence-corrected chi connectivity index (χ0v) is 24.8. The Morgan fingerprint density at radius 3 is 2.26 bits per heavy atom. The SMILES string of the molecule is COCOc1c(C)cc(Oc2ccc(NC(=O)COc3ccc(CC4SC(=O)NC4=O)cc3)c(N(C)C(=O)O)c2)cc1C. The molecule has 1 atom stereocenters. The molecule has 0 saturated carbocycles. The predicted octanol–water partition coefficient (Wildman–Crippen LogP) is 5.10. The molecular formula is C30H31N3O9S. The van der Waals surface area contributed by atoms with Gasteiger partial charge in [0.25, 0.3) is 11.1 Å². The molecule has 13 heteroatoms. The molecule has 1 aliphatic heterocycles. The number of aryl methyl sites for hydroxylation is 2. The number of hydrogen-bond acceptors (Lipinski definition) is 9. The lowest BCUT2D eigenvalue weighted by Crippen LogP contribution is -2.27. The number of imide groups is 1. The van der Waals surface area contributed by atoms with Gasteiger partial charge in [0.05, 0.1) is 16.6 Å². The molecule has 226 valence electrons. The zero-order chi connectivity index (χ0) is 31.1. The molecule has 3 aromatic rings. The summed E-state index contributed by atoms with van der Waals surface area (Å²) >= 11 is 0.957. The predicted molar refractivity (Wildman–Crippen MR) is 161 cm³/mol. The molecule has 43 heavy (non-hydrogen) atoms. The molecule has 12 nitrogen and oxygen atoms in total. The number of thioether (sulfide) groups is 1. The lowest BCUT2D eigenvalue weighted by molar-refractivity contribution is -0.119. The van der Waals surface area contributed by atoms with Crippen molar-refractivity contribution in [3.8, 4) is 23.0 Å². The molecule has 0 radical (unpaired) electrons. The van der Waals surface area contributed by atoms with Crippen molar-refractivity contribution in [1.29, 1.82) is 0 Å². The number of anilines is 2. The van der Waals surface area contributed by atoms with Crippen LogP contribution in [-0.4, -0.2) is 61.1 Å². The van der Waals surface area contributed by atoms with E-state index in [-0.39, 0.29) is 35.9 Å². The van der Waals surface area contributed by atoms with Crippen molar-refractivity contribution >= 4 is 46.3 Å². The van der Waals surface area contributed by atoms with Crippen LogP contribution in [0.5, 0.6) is 23.0 Å². The first kappa shape index (κ1) is 31.2. The maximum atomic E-state index is 12.7. The van der Waals surface area contributed by atoms with E-state index in [0.717, 1.165) is 33.4 Å². The Kier molecular flexibility index (Phi) is 10.1.